The van der Waals surface area contributed by atoms with Gasteiger partial charge in [-0.2, -0.15) is 9.97 Å². The molecule has 12 heteroatoms. The third-order valence-corrected chi connectivity index (χ3v) is 12.2. The van der Waals surface area contributed by atoms with Crippen LogP contribution in [0.1, 0.15) is 69.7 Å². The minimum Gasteiger partial charge on any atom is -0.508 e. The number of hydrogen-bond acceptors (Lipinski definition) is 9. The Hall–Kier alpha value is -4.47. The molecule has 5 heterocycles. The molecule has 3 aromatic rings. The zero-order valence-electron chi connectivity index (χ0n) is 31.9. The van der Waals surface area contributed by atoms with Gasteiger partial charge in [0.25, 0.3) is 0 Å². The summed E-state index contributed by atoms with van der Waals surface area (Å²) >= 11 is 0. The van der Waals surface area contributed by atoms with Crippen LogP contribution in [0.5, 0.6) is 11.8 Å². The Bertz CT molecular complexity index is 1960. The van der Waals surface area contributed by atoms with E-state index in [0.29, 0.717) is 81.1 Å². The van der Waals surface area contributed by atoms with E-state index in [1.165, 1.54) is 12.1 Å². The van der Waals surface area contributed by atoms with Gasteiger partial charge in [0.1, 0.15) is 30.2 Å². The lowest BCUT2D eigenvalue weighted by Gasteiger charge is -2.51. The topological polar surface area (TPSA) is 94.5 Å². The van der Waals surface area contributed by atoms with Crippen molar-refractivity contribution in [3.05, 3.63) is 59.6 Å². The smallest absolute Gasteiger partial charge is 0.318 e. The van der Waals surface area contributed by atoms with Gasteiger partial charge in [-0.15, -0.1) is 6.42 Å². The lowest BCUT2D eigenvalue weighted by atomic mass is 9.71. The molecule has 3 fully saturated rings. The van der Waals surface area contributed by atoms with Crippen LogP contribution in [-0.2, 0) is 22.5 Å². The van der Waals surface area contributed by atoms with Crippen LogP contribution in [0.15, 0.2) is 36.9 Å². The minimum atomic E-state index is -0.988. The molecule has 2 aromatic carbocycles. The van der Waals surface area contributed by atoms with E-state index in [2.05, 4.69) is 48.0 Å². The fourth-order valence-electron chi connectivity index (χ4n) is 9.31. The number of halogens is 2. The van der Waals surface area contributed by atoms with Crippen LogP contribution in [0.2, 0.25) is 0 Å². The Kier molecular flexibility index (Phi) is 10.5. The van der Waals surface area contributed by atoms with Crippen LogP contribution in [0.4, 0.5) is 20.3 Å². The number of nitrogens with zero attached hydrogens (tertiary/aromatic N) is 6. The van der Waals surface area contributed by atoms with E-state index in [4.69, 9.17) is 25.9 Å². The number of alkyl halides is 1. The van der Waals surface area contributed by atoms with Crippen LogP contribution in [0.3, 0.4) is 0 Å². The Morgan fingerprint density at radius 3 is 2.72 bits per heavy atom. The third kappa shape index (κ3) is 6.97. The molecule has 3 saturated heterocycles. The molecule has 1 amide bonds. The van der Waals surface area contributed by atoms with E-state index in [1.54, 1.807) is 18.2 Å². The van der Waals surface area contributed by atoms with Gasteiger partial charge in [-0.3, -0.25) is 9.69 Å². The number of terminal acetylenes is 1. The normalized spacial score (nSPS) is 23.7. The van der Waals surface area contributed by atoms with Crippen LogP contribution < -0.4 is 14.5 Å². The molecule has 0 bridgehead atoms. The molecule has 1 aromatic heterocycles. The summed E-state index contributed by atoms with van der Waals surface area (Å²) in [4.78, 5) is 31.1. The van der Waals surface area contributed by atoms with Crippen LogP contribution in [0.25, 0.3) is 10.8 Å². The average molecular weight is 743 g/mol. The Balaban J connectivity index is 1.27. The van der Waals surface area contributed by atoms with Crippen molar-refractivity contribution in [1.82, 2.24) is 19.8 Å². The quantitative estimate of drug-likeness (QED) is 0.209. The molecule has 0 saturated carbocycles. The highest BCUT2D eigenvalue weighted by Gasteiger charge is 2.56. The van der Waals surface area contributed by atoms with E-state index in [0.717, 1.165) is 36.9 Å². The largest absolute Gasteiger partial charge is 0.508 e. The van der Waals surface area contributed by atoms with Crippen molar-refractivity contribution in [2.24, 2.45) is 5.41 Å². The Morgan fingerprint density at radius 2 is 2.00 bits per heavy atom. The molecule has 0 unspecified atom stereocenters. The van der Waals surface area contributed by atoms with Crippen molar-refractivity contribution in [3.8, 4) is 24.1 Å². The number of carbonyl (C=O) groups is 1. The van der Waals surface area contributed by atoms with E-state index < -0.39 is 17.5 Å². The highest BCUT2D eigenvalue weighted by molar-refractivity contribution is 6.00. The number of fused-ring (bicyclic) bond motifs is 2. The highest BCUT2D eigenvalue weighted by Crippen LogP contribution is 2.47. The summed E-state index contributed by atoms with van der Waals surface area (Å²) in [6, 6.07) is 6.51. The molecule has 3 atom stereocenters. The molecule has 0 aliphatic carbocycles. The predicted molar refractivity (Wildman–Crippen MR) is 206 cm³/mol. The number of amides is 1. The second-order valence-corrected chi connectivity index (χ2v) is 16.3. The van der Waals surface area contributed by atoms with Gasteiger partial charge in [-0.05, 0) is 61.1 Å². The second kappa shape index (κ2) is 15.0. The monoisotopic (exact) mass is 742 g/mol. The van der Waals surface area contributed by atoms with Gasteiger partial charge in [-0.1, -0.05) is 39.3 Å². The summed E-state index contributed by atoms with van der Waals surface area (Å²) in [6.07, 6.45) is 10.6. The number of benzene rings is 2. The molecule has 4 aliphatic rings. The number of aromatic hydroxyl groups is 1. The fraction of sp³-hybridized carbons (Fsp3) is 0.548. The molecule has 1 N–H and O–H groups in total. The van der Waals surface area contributed by atoms with Crippen LogP contribution >= 0.6 is 0 Å². The standard InChI is InChI=1S/C42H52F2N6O4/c1-7-32-34(44)12-11-27-20-31(51)21-36(38(27)32)48-17-13-33-35(25-48)45-40(46-39(33)47(6)24-30-10-9-16-49(30)37(52)8-2)54-26-42(41(3,4)5)22-28(43)23-50(42)29-14-18-53-19-15-29/h1,8,11-12,20-21,28-30,51H,2,9-10,13-19,22-26H2,3-6H3/t28-,30+,42+/m1/s1. The van der Waals surface area contributed by atoms with Crippen molar-refractivity contribution in [2.75, 3.05) is 62.8 Å². The summed E-state index contributed by atoms with van der Waals surface area (Å²) in [6.45, 7) is 14.1. The van der Waals surface area contributed by atoms with Gasteiger partial charge in [0.2, 0.25) is 5.91 Å². The number of carbonyl (C=O) groups excluding carboxylic acids is 1. The van der Waals surface area contributed by atoms with Gasteiger partial charge < -0.3 is 29.3 Å². The first-order valence-corrected chi connectivity index (χ1v) is 19.2. The maximum absolute atomic E-state index is 15.5. The number of phenolic OH excluding ortho intramolecular Hbond substituents is 1. The molecule has 4 aliphatic heterocycles. The summed E-state index contributed by atoms with van der Waals surface area (Å²) in [5.41, 5.74) is 1.49. The lowest BCUT2D eigenvalue weighted by Crippen LogP contribution is -2.61. The van der Waals surface area contributed by atoms with Crippen molar-refractivity contribution >= 4 is 28.2 Å². The fourth-order valence-corrected chi connectivity index (χ4v) is 9.31. The predicted octanol–water partition coefficient (Wildman–Crippen LogP) is 6.02. The lowest BCUT2D eigenvalue weighted by molar-refractivity contribution is -0.126. The van der Waals surface area contributed by atoms with Gasteiger partial charge >= 0.3 is 6.01 Å². The van der Waals surface area contributed by atoms with Crippen molar-refractivity contribution in [3.63, 3.8) is 0 Å². The van der Waals surface area contributed by atoms with E-state index in [9.17, 15) is 9.90 Å². The number of aromatic nitrogens is 2. The SMILES string of the molecule is C#Cc1c(F)ccc2cc(O)cc(N3CCc4c(nc(OC[C@]5(C(C)(C)C)C[C@@H](F)CN5C5CCOCC5)nc4N(C)C[C@@H]4CCCN4C(=O)C=C)C3)c12. The Morgan fingerprint density at radius 1 is 1.22 bits per heavy atom. The number of rotatable bonds is 9. The van der Waals surface area contributed by atoms with Crippen molar-refractivity contribution in [2.45, 2.75) is 89.6 Å². The van der Waals surface area contributed by atoms with Gasteiger partial charge in [0.05, 0.1) is 23.3 Å². The Labute approximate surface area is 317 Å². The zero-order chi connectivity index (χ0) is 38.4. The number of likely N-dealkylation sites (tertiary alicyclic amines) is 2. The number of anilines is 2. The number of likely N-dealkylation sites (N-methyl/N-ethyl adjacent to an activating group) is 1. The molecule has 0 spiro atoms. The first-order valence-electron chi connectivity index (χ1n) is 19.2. The number of phenols is 1. The minimum absolute atomic E-state index is 0.0107. The highest BCUT2D eigenvalue weighted by atomic mass is 19.1. The first kappa shape index (κ1) is 37.8. The maximum Gasteiger partial charge on any atom is 0.318 e. The molecule has 0 radical (unpaired) electrons. The summed E-state index contributed by atoms with van der Waals surface area (Å²) in [7, 11) is 1.98. The van der Waals surface area contributed by atoms with Crippen LogP contribution in [0, 0.1) is 23.6 Å². The molecular weight excluding hydrogens is 690 g/mol. The molecule has 10 nitrogen and oxygen atoms in total. The number of hydrogen-bond donors (Lipinski definition) is 1. The van der Waals surface area contributed by atoms with E-state index >= 15 is 8.78 Å². The average Bonchev–Trinajstić information content (AvgIpc) is 3.77. The van der Waals surface area contributed by atoms with E-state index in [-0.39, 0.29) is 47.3 Å². The number of ether oxygens (including phenoxy) is 2. The summed E-state index contributed by atoms with van der Waals surface area (Å²) < 4.78 is 42.9. The zero-order valence-corrected chi connectivity index (χ0v) is 31.9. The molecular formula is C42H52F2N6O4. The van der Waals surface area contributed by atoms with Crippen molar-refractivity contribution < 1.29 is 28.2 Å². The molecule has 54 heavy (non-hydrogen) atoms. The second-order valence-electron chi connectivity index (χ2n) is 16.3. The summed E-state index contributed by atoms with van der Waals surface area (Å²) in [5, 5.41) is 11.9. The van der Waals surface area contributed by atoms with Gasteiger partial charge in [-0.25, -0.2) is 8.78 Å². The van der Waals surface area contributed by atoms with Gasteiger partial charge in [0, 0.05) is 87.6 Å². The van der Waals surface area contributed by atoms with Crippen molar-refractivity contribution in [1.29, 1.82) is 0 Å². The third-order valence-electron chi connectivity index (χ3n) is 12.2. The first-order chi connectivity index (χ1) is 25.8. The molecule has 7 rings (SSSR count). The van der Waals surface area contributed by atoms with Crippen LogP contribution in [-0.4, -0.2) is 108 Å². The molecule has 288 valence electrons. The summed E-state index contributed by atoms with van der Waals surface area (Å²) in [5.74, 6) is 2.69. The van der Waals surface area contributed by atoms with E-state index in [1.807, 2.05) is 11.9 Å². The van der Waals surface area contributed by atoms with Gasteiger partial charge in [0.15, 0.2) is 0 Å². The maximum atomic E-state index is 15.5.